The molecule has 0 radical (unpaired) electrons. The molecule has 1 aliphatic heterocycles. The van der Waals surface area contributed by atoms with E-state index in [-0.39, 0.29) is 5.91 Å². The average molecular weight is 431 g/mol. The van der Waals surface area contributed by atoms with Gasteiger partial charge in [0.15, 0.2) is 0 Å². The van der Waals surface area contributed by atoms with Crippen LogP contribution in [0.4, 0.5) is 11.4 Å². The Morgan fingerprint density at radius 2 is 1.87 bits per heavy atom. The molecule has 3 aromatic rings. The maximum atomic E-state index is 13.1. The summed E-state index contributed by atoms with van der Waals surface area (Å²) in [5.41, 5.74) is 5.33. The second-order valence-corrected chi connectivity index (χ2v) is 8.21. The minimum Gasteiger partial charge on any atom is -0.354 e. The first kappa shape index (κ1) is 20.9. The fraction of sp³-hybridized carbons (Fsp3) is 0.240. The van der Waals surface area contributed by atoms with Crippen molar-refractivity contribution in [3.63, 3.8) is 0 Å². The molecule has 0 bridgehead atoms. The van der Waals surface area contributed by atoms with E-state index in [1.807, 2.05) is 60.4 Å². The largest absolute Gasteiger partial charge is 0.354 e. The van der Waals surface area contributed by atoms with E-state index in [1.165, 1.54) is 5.56 Å². The Labute approximate surface area is 187 Å². The number of rotatable bonds is 4. The van der Waals surface area contributed by atoms with E-state index in [2.05, 4.69) is 16.4 Å². The Hall–Kier alpha value is -3.36. The number of amides is 1. The van der Waals surface area contributed by atoms with Gasteiger partial charge in [0.05, 0.1) is 23.5 Å². The lowest BCUT2D eigenvalue weighted by atomic mass is 9.89. The van der Waals surface area contributed by atoms with E-state index in [4.69, 9.17) is 16.9 Å². The van der Waals surface area contributed by atoms with Gasteiger partial charge in [-0.2, -0.15) is 5.26 Å². The molecule has 1 aliphatic rings. The van der Waals surface area contributed by atoms with E-state index >= 15 is 0 Å². The maximum Gasteiger partial charge on any atom is 0.253 e. The second-order valence-electron chi connectivity index (χ2n) is 7.82. The minimum atomic E-state index is 0.0514. The highest BCUT2D eigenvalue weighted by Crippen LogP contribution is 2.29. The summed E-state index contributed by atoms with van der Waals surface area (Å²) < 4.78 is 0. The molecule has 0 atom stereocenters. The zero-order valence-electron chi connectivity index (χ0n) is 17.3. The van der Waals surface area contributed by atoms with Crippen molar-refractivity contribution < 1.29 is 4.79 Å². The molecule has 156 valence electrons. The highest BCUT2D eigenvalue weighted by molar-refractivity contribution is 6.29. The van der Waals surface area contributed by atoms with Crippen LogP contribution in [-0.2, 0) is 0 Å². The van der Waals surface area contributed by atoms with Crippen molar-refractivity contribution in [2.45, 2.75) is 25.7 Å². The third-order valence-electron chi connectivity index (χ3n) is 5.78. The second kappa shape index (κ2) is 9.20. The summed E-state index contributed by atoms with van der Waals surface area (Å²) in [4.78, 5) is 19.1. The van der Waals surface area contributed by atoms with Crippen LogP contribution in [0, 0.1) is 18.3 Å². The molecular weight excluding hydrogens is 408 g/mol. The topological polar surface area (TPSA) is 69.0 Å². The third kappa shape index (κ3) is 4.87. The summed E-state index contributed by atoms with van der Waals surface area (Å²) in [7, 11) is 0. The summed E-state index contributed by atoms with van der Waals surface area (Å²) in [6.45, 7) is 3.45. The van der Waals surface area contributed by atoms with Gasteiger partial charge in [-0.1, -0.05) is 29.8 Å². The number of piperidine rings is 1. The molecule has 2 heterocycles. The number of aryl methyl sites for hydroxylation is 1. The number of nitriles is 1. The third-order valence-corrected chi connectivity index (χ3v) is 6.01. The van der Waals surface area contributed by atoms with Crippen LogP contribution in [0.2, 0.25) is 5.15 Å². The molecule has 0 saturated carbocycles. The maximum absolute atomic E-state index is 13.1. The first-order chi connectivity index (χ1) is 15.0. The van der Waals surface area contributed by atoms with E-state index in [0.29, 0.717) is 22.2 Å². The van der Waals surface area contributed by atoms with Crippen molar-refractivity contribution in [3.8, 4) is 6.07 Å². The molecule has 0 aliphatic carbocycles. The van der Waals surface area contributed by atoms with E-state index in [9.17, 15) is 4.79 Å². The molecule has 0 spiro atoms. The Bertz CT molecular complexity index is 1110. The number of anilines is 2. The lowest BCUT2D eigenvalue weighted by Gasteiger charge is -2.32. The normalized spacial score (nSPS) is 14.2. The molecule has 2 aromatic carbocycles. The van der Waals surface area contributed by atoms with Gasteiger partial charge < -0.3 is 10.2 Å². The van der Waals surface area contributed by atoms with Gasteiger partial charge in [-0.25, -0.2) is 4.98 Å². The Kier molecular flexibility index (Phi) is 6.20. The standard InChI is InChI=1S/C25H23ClN4O/c1-17-2-5-21(14-23(17)29-22-8-9-24(26)28-16-22)25(31)30-12-10-20(11-13-30)19-6-3-18(15-27)4-7-19/h2-9,14,16,20,29H,10-13H2,1H3. The predicted octanol–water partition coefficient (Wildman–Crippen LogP) is 5.68. The average Bonchev–Trinajstić information content (AvgIpc) is 2.81. The van der Waals surface area contributed by atoms with Crippen LogP contribution in [0.3, 0.4) is 0 Å². The lowest BCUT2D eigenvalue weighted by molar-refractivity contribution is 0.0713. The molecule has 1 saturated heterocycles. The van der Waals surface area contributed by atoms with E-state index in [0.717, 1.165) is 42.9 Å². The Morgan fingerprint density at radius 1 is 1.13 bits per heavy atom. The molecule has 1 amide bonds. The van der Waals surface area contributed by atoms with Crippen molar-refractivity contribution in [1.82, 2.24) is 9.88 Å². The van der Waals surface area contributed by atoms with Gasteiger partial charge in [0.25, 0.3) is 5.91 Å². The van der Waals surface area contributed by atoms with Gasteiger partial charge >= 0.3 is 0 Å². The predicted molar refractivity (Wildman–Crippen MR) is 123 cm³/mol. The summed E-state index contributed by atoms with van der Waals surface area (Å²) in [6.07, 6.45) is 3.51. The van der Waals surface area contributed by atoms with Crippen LogP contribution in [0.5, 0.6) is 0 Å². The van der Waals surface area contributed by atoms with E-state index in [1.54, 1.807) is 12.3 Å². The van der Waals surface area contributed by atoms with Gasteiger partial charge in [0.2, 0.25) is 0 Å². The van der Waals surface area contributed by atoms with E-state index < -0.39 is 0 Å². The van der Waals surface area contributed by atoms with Crippen molar-refractivity contribution in [2.75, 3.05) is 18.4 Å². The molecular formula is C25H23ClN4O. The fourth-order valence-electron chi connectivity index (χ4n) is 3.92. The number of halogens is 1. The number of pyridine rings is 1. The quantitative estimate of drug-likeness (QED) is 0.540. The van der Waals surface area contributed by atoms with Gasteiger partial charge in [-0.05, 0) is 73.2 Å². The Morgan fingerprint density at radius 3 is 2.52 bits per heavy atom. The van der Waals surface area contributed by atoms with Crippen LogP contribution in [0.15, 0.2) is 60.8 Å². The smallest absolute Gasteiger partial charge is 0.253 e. The van der Waals surface area contributed by atoms with Gasteiger partial charge in [-0.15, -0.1) is 0 Å². The number of nitrogens with zero attached hydrogens (tertiary/aromatic N) is 3. The number of likely N-dealkylation sites (tertiary alicyclic amines) is 1. The molecule has 4 rings (SSSR count). The SMILES string of the molecule is Cc1ccc(C(=O)N2CCC(c3ccc(C#N)cc3)CC2)cc1Nc1ccc(Cl)nc1. The van der Waals surface area contributed by atoms with Crippen LogP contribution < -0.4 is 5.32 Å². The number of hydrogen-bond donors (Lipinski definition) is 1. The van der Waals surface area contributed by atoms with Crippen LogP contribution in [-0.4, -0.2) is 28.9 Å². The molecule has 1 N–H and O–H groups in total. The molecule has 6 heteroatoms. The number of benzene rings is 2. The molecule has 1 aromatic heterocycles. The molecule has 1 fully saturated rings. The molecule has 5 nitrogen and oxygen atoms in total. The van der Waals surface area contributed by atoms with Gasteiger partial charge in [0.1, 0.15) is 5.15 Å². The molecule has 0 unspecified atom stereocenters. The first-order valence-corrected chi connectivity index (χ1v) is 10.7. The summed E-state index contributed by atoms with van der Waals surface area (Å²) >= 11 is 5.86. The highest BCUT2D eigenvalue weighted by atomic mass is 35.5. The number of nitrogens with one attached hydrogen (secondary N) is 1. The van der Waals surface area contributed by atoms with Gasteiger partial charge in [0, 0.05) is 24.3 Å². The number of carbonyl (C=O) groups is 1. The van der Waals surface area contributed by atoms with Crippen LogP contribution >= 0.6 is 11.6 Å². The van der Waals surface area contributed by atoms with Crippen molar-refractivity contribution in [2.24, 2.45) is 0 Å². The van der Waals surface area contributed by atoms with Crippen molar-refractivity contribution in [3.05, 3.63) is 88.2 Å². The lowest BCUT2D eigenvalue weighted by Crippen LogP contribution is -2.37. The number of hydrogen-bond acceptors (Lipinski definition) is 4. The zero-order chi connectivity index (χ0) is 21.8. The number of carbonyl (C=O) groups excluding carboxylic acids is 1. The summed E-state index contributed by atoms with van der Waals surface area (Å²) in [5.74, 6) is 0.472. The van der Waals surface area contributed by atoms with Crippen molar-refractivity contribution in [1.29, 1.82) is 5.26 Å². The highest BCUT2D eigenvalue weighted by Gasteiger charge is 2.25. The molecule has 31 heavy (non-hydrogen) atoms. The monoisotopic (exact) mass is 430 g/mol. The Balaban J connectivity index is 1.42. The summed E-state index contributed by atoms with van der Waals surface area (Å²) in [6, 6.07) is 19.3. The number of aromatic nitrogens is 1. The van der Waals surface area contributed by atoms with Crippen molar-refractivity contribution >= 4 is 28.9 Å². The fourth-order valence-corrected chi connectivity index (χ4v) is 4.04. The zero-order valence-corrected chi connectivity index (χ0v) is 18.1. The van der Waals surface area contributed by atoms with Gasteiger partial charge in [-0.3, -0.25) is 4.79 Å². The van der Waals surface area contributed by atoms with Crippen LogP contribution in [0.25, 0.3) is 0 Å². The minimum absolute atomic E-state index is 0.0514. The summed E-state index contributed by atoms with van der Waals surface area (Å²) in [5, 5.41) is 12.7. The first-order valence-electron chi connectivity index (χ1n) is 10.3. The van der Waals surface area contributed by atoms with Crippen LogP contribution in [0.1, 0.15) is 45.8 Å².